The van der Waals surface area contributed by atoms with E-state index in [9.17, 15) is 0 Å². The Kier molecular flexibility index (Phi) is 3.78. The molecule has 0 aromatic rings. The average Bonchev–Trinajstić information content (AvgIpc) is 2.05. The summed E-state index contributed by atoms with van der Waals surface area (Å²) in [7, 11) is 0. The fraction of sp³-hybridized carbons (Fsp3) is 0.800. The van der Waals surface area contributed by atoms with Crippen LogP contribution in [-0.2, 0) is 0 Å². The standard InChI is InChI=1S/C10H17BrO/c1-7(2)8-3-4-10(11)9(5-8)6-12/h7-8,12H,3-6H2,1-2H3/t8-/m0/s1. The topological polar surface area (TPSA) is 20.2 Å². The Morgan fingerprint density at radius 2 is 2.25 bits per heavy atom. The molecule has 0 bridgehead atoms. The summed E-state index contributed by atoms with van der Waals surface area (Å²) in [4.78, 5) is 0. The molecule has 70 valence electrons. The summed E-state index contributed by atoms with van der Waals surface area (Å²) in [5.74, 6) is 1.51. The smallest absolute Gasteiger partial charge is 0.0652 e. The molecular weight excluding hydrogens is 216 g/mol. The molecule has 0 radical (unpaired) electrons. The molecule has 0 spiro atoms. The van der Waals surface area contributed by atoms with Crippen LogP contribution in [0.2, 0.25) is 0 Å². The molecule has 0 heterocycles. The van der Waals surface area contributed by atoms with E-state index >= 15 is 0 Å². The molecule has 0 aromatic heterocycles. The first-order valence-electron chi connectivity index (χ1n) is 4.62. The number of hydrogen-bond acceptors (Lipinski definition) is 1. The predicted molar refractivity (Wildman–Crippen MR) is 55.2 cm³/mol. The second kappa shape index (κ2) is 4.43. The summed E-state index contributed by atoms with van der Waals surface area (Å²) in [6, 6.07) is 0. The normalized spacial score (nSPS) is 25.2. The highest BCUT2D eigenvalue weighted by molar-refractivity contribution is 9.11. The van der Waals surface area contributed by atoms with Gasteiger partial charge in [0.1, 0.15) is 0 Å². The van der Waals surface area contributed by atoms with Crippen molar-refractivity contribution in [3.63, 3.8) is 0 Å². The Labute approximate surface area is 83.0 Å². The lowest BCUT2D eigenvalue weighted by Gasteiger charge is -2.27. The van der Waals surface area contributed by atoms with Gasteiger partial charge in [0.15, 0.2) is 0 Å². The summed E-state index contributed by atoms with van der Waals surface area (Å²) in [5, 5.41) is 9.07. The number of halogens is 1. The van der Waals surface area contributed by atoms with Gasteiger partial charge in [-0.15, -0.1) is 0 Å². The number of hydrogen-bond donors (Lipinski definition) is 1. The average molecular weight is 233 g/mol. The predicted octanol–water partition coefficient (Wildman–Crippen LogP) is 3.08. The zero-order valence-corrected chi connectivity index (χ0v) is 9.39. The third kappa shape index (κ3) is 2.33. The first-order chi connectivity index (χ1) is 5.65. The van der Waals surface area contributed by atoms with Crippen molar-refractivity contribution in [2.45, 2.75) is 33.1 Å². The molecule has 1 N–H and O–H groups in total. The van der Waals surface area contributed by atoms with Gasteiger partial charge in [0.25, 0.3) is 0 Å². The van der Waals surface area contributed by atoms with Crippen molar-refractivity contribution >= 4 is 15.9 Å². The molecule has 0 aromatic carbocycles. The van der Waals surface area contributed by atoms with Crippen LogP contribution in [0.3, 0.4) is 0 Å². The molecule has 0 saturated heterocycles. The van der Waals surface area contributed by atoms with E-state index in [-0.39, 0.29) is 6.61 Å². The zero-order chi connectivity index (χ0) is 9.14. The lowest BCUT2D eigenvalue weighted by atomic mass is 9.82. The molecule has 0 amide bonds. The van der Waals surface area contributed by atoms with Gasteiger partial charge in [0.2, 0.25) is 0 Å². The Morgan fingerprint density at radius 1 is 1.58 bits per heavy atom. The summed E-state index contributed by atoms with van der Waals surface area (Å²) >= 11 is 3.51. The van der Waals surface area contributed by atoms with E-state index in [1.165, 1.54) is 16.5 Å². The highest BCUT2D eigenvalue weighted by Crippen LogP contribution is 2.35. The van der Waals surface area contributed by atoms with Crippen LogP contribution in [0.5, 0.6) is 0 Å². The van der Waals surface area contributed by atoms with Gasteiger partial charge in [-0.2, -0.15) is 0 Å². The van der Waals surface area contributed by atoms with Gasteiger partial charge < -0.3 is 5.11 Å². The lowest BCUT2D eigenvalue weighted by Crippen LogP contribution is -2.15. The van der Waals surface area contributed by atoms with Crippen LogP contribution in [0.4, 0.5) is 0 Å². The van der Waals surface area contributed by atoms with E-state index in [4.69, 9.17) is 5.11 Å². The van der Waals surface area contributed by atoms with E-state index in [0.717, 1.165) is 24.7 Å². The third-order valence-electron chi connectivity index (χ3n) is 2.76. The van der Waals surface area contributed by atoms with Crippen molar-refractivity contribution in [1.29, 1.82) is 0 Å². The Morgan fingerprint density at radius 3 is 2.75 bits per heavy atom. The SMILES string of the molecule is CC(C)[C@H]1CCC(Br)=C(CO)C1. The second-order valence-corrected chi connectivity index (χ2v) is 4.87. The molecule has 0 fully saturated rings. The molecular formula is C10H17BrO. The molecule has 12 heavy (non-hydrogen) atoms. The number of rotatable bonds is 2. The van der Waals surface area contributed by atoms with Gasteiger partial charge in [-0.1, -0.05) is 29.8 Å². The largest absolute Gasteiger partial charge is 0.392 e. The molecule has 1 nitrogen and oxygen atoms in total. The van der Waals surface area contributed by atoms with E-state index in [2.05, 4.69) is 29.8 Å². The van der Waals surface area contributed by atoms with Gasteiger partial charge in [0, 0.05) is 0 Å². The van der Waals surface area contributed by atoms with Crippen LogP contribution in [-0.4, -0.2) is 11.7 Å². The minimum Gasteiger partial charge on any atom is -0.392 e. The number of aliphatic hydroxyl groups is 1. The summed E-state index contributed by atoms with van der Waals surface area (Å²) in [6.07, 6.45) is 3.45. The van der Waals surface area contributed by atoms with Gasteiger partial charge >= 0.3 is 0 Å². The highest BCUT2D eigenvalue weighted by atomic mass is 79.9. The lowest BCUT2D eigenvalue weighted by molar-refractivity contribution is 0.288. The Bertz CT molecular complexity index is 184. The maximum absolute atomic E-state index is 9.07. The van der Waals surface area contributed by atoms with Crippen molar-refractivity contribution < 1.29 is 5.11 Å². The molecule has 1 rings (SSSR count). The van der Waals surface area contributed by atoms with Crippen LogP contribution in [0, 0.1) is 11.8 Å². The summed E-state index contributed by atoms with van der Waals surface area (Å²) in [6.45, 7) is 4.75. The first kappa shape index (κ1) is 10.3. The number of allylic oxidation sites excluding steroid dienone is 1. The van der Waals surface area contributed by atoms with Gasteiger partial charge in [-0.05, 0) is 41.2 Å². The molecule has 0 unspecified atom stereocenters. The van der Waals surface area contributed by atoms with E-state index in [1.807, 2.05) is 0 Å². The Balaban J connectivity index is 2.61. The monoisotopic (exact) mass is 232 g/mol. The fourth-order valence-corrected chi connectivity index (χ4v) is 2.25. The fourth-order valence-electron chi connectivity index (χ4n) is 1.74. The van der Waals surface area contributed by atoms with Crippen LogP contribution < -0.4 is 0 Å². The van der Waals surface area contributed by atoms with Crippen molar-refractivity contribution in [2.24, 2.45) is 11.8 Å². The second-order valence-electron chi connectivity index (χ2n) is 3.91. The maximum atomic E-state index is 9.07. The number of aliphatic hydroxyl groups excluding tert-OH is 1. The summed E-state index contributed by atoms with van der Waals surface area (Å²) < 4.78 is 1.24. The highest BCUT2D eigenvalue weighted by Gasteiger charge is 2.21. The van der Waals surface area contributed by atoms with Crippen molar-refractivity contribution in [1.82, 2.24) is 0 Å². The van der Waals surface area contributed by atoms with Crippen LogP contribution in [0.15, 0.2) is 10.1 Å². The third-order valence-corrected chi connectivity index (χ3v) is 3.72. The molecule has 2 heteroatoms. The molecule has 1 aliphatic rings. The van der Waals surface area contributed by atoms with Gasteiger partial charge in [0.05, 0.1) is 6.61 Å². The van der Waals surface area contributed by atoms with Gasteiger partial charge in [-0.25, -0.2) is 0 Å². The van der Waals surface area contributed by atoms with E-state index in [0.29, 0.717) is 0 Å². The zero-order valence-electron chi connectivity index (χ0n) is 7.81. The maximum Gasteiger partial charge on any atom is 0.0652 e. The molecule has 0 saturated carbocycles. The van der Waals surface area contributed by atoms with E-state index < -0.39 is 0 Å². The van der Waals surface area contributed by atoms with Crippen molar-refractivity contribution in [3.8, 4) is 0 Å². The van der Waals surface area contributed by atoms with Crippen LogP contribution in [0.1, 0.15) is 33.1 Å². The van der Waals surface area contributed by atoms with E-state index in [1.54, 1.807) is 0 Å². The first-order valence-corrected chi connectivity index (χ1v) is 5.41. The quantitative estimate of drug-likeness (QED) is 0.777. The molecule has 1 atom stereocenters. The van der Waals surface area contributed by atoms with Crippen LogP contribution in [0.25, 0.3) is 0 Å². The van der Waals surface area contributed by atoms with Crippen molar-refractivity contribution in [3.05, 3.63) is 10.1 Å². The summed E-state index contributed by atoms with van der Waals surface area (Å²) in [5.41, 5.74) is 1.21. The molecule has 0 aliphatic heterocycles. The van der Waals surface area contributed by atoms with Crippen LogP contribution >= 0.6 is 15.9 Å². The van der Waals surface area contributed by atoms with Gasteiger partial charge in [-0.3, -0.25) is 0 Å². The minimum atomic E-state index is 0.226. The molecule has 1 aliphatic carbocycles. The van der Waals surface area contributed by atoms with Crippen molar-refractivity contribution in [2.75, 3.05) is 6.61 Å². The Hall–Kier alpha value is 0.180. The minimum absolute atomic E-state index is 0.226.